The third kappa shape index (κ3) is 1.90. The lowest BCUT2D eigenvalue weighted by molar-refractivity contribution is 0.0966. The molecule has 2 atom stereocenters. The molecule has 1 amide bonds. The van der Waals surface area contributed by atoms with E-state index in [9.17, 15) is 4.79 Å². The molecule has 2 aromatic carbocycles. The zero-order valence-electron chi connectivity index (χ0n) is 15.1. The van der Waals surface area contributed by atoms with E-state index >= 15 is 0 Å². The van der Waals surface area contributed by atoms with Crippen molar-refractivity contribution in [3.05, 3.63) is 70.3 Å². The van der Waals surface area contributed by atoms with Crippen molar-refractivity contribution in [2.45, 2.75) is 31.3 Å². The van der Waals surface area contributed by atoms with Crippen LogP contribution in [-0.2, 0) is 19.4 Å². The lowest BCUT2D eigenvalue weighted by Crippen LogP contribution is -2.18. The molecule has 2 heterocycles. The van der Waals surface area contributed by atoms with Crippen LogP contribution in [0.3, 0.4) is 0 Å². The Bertz CT molecular complexity index is 1080. The van der Waals surface area contributed by atoms with E-state index in [2.05, 4.69) is 47.1 Å². The minimum Gasteiger partial charge on any atom is -0.497 e. The number of aryl methyl sites for hydroxylation is 1. The van der Waals surface area contributed by atoms with Crippen LogP contribution in [0.4, 0.5) is 5.69 Å². The maximum absolute atomic E-state index is 12.8. The highest BCUT2D eigenvalue weighted by molar-refractivity contribution is 6.08. The van der Waals surface area contributed by atoms with Gasteiger partial charge in [-0.3, -0.25) is 4.79 Å². The molecule has 27 heavy (non-hydrogen) atoms. The number of methoxy groups -OCH3 is 1. The average molecular weight is 356 g/mol. The average Bonchev–Trinajstić information content (AvgIpc) is 3.28. The van der Waals surface area contributed by atoms with Gasteiger partial charge in [-0.1, -0.05) is 30.4 Å². The zero-order valence-corrected chi connectivity index (χ0v) is 15.1. The molecule has 2 aromatic rings. The summed E-state index contributed by atoms with van der Waals surface area (Å²) < 4.78 is 5.41. The fourth-order valence-electron chi connectivity index (χ4n) is 5.24. The van der Waals surface area contributed by atoms with Crippen molar-refractivity contribution in [2.75, 3.05) is 12.4 Å². The van der Waals surface area contributed by atoms with Gasteiger partial charge in [0.05, 0.1) is 18.7 Å². The molecule has 4 nitrogen and oxygen atoms in total. The van der Waals surface area contributed by atoms with Crippen molar-refractivity contribution in [3.8, 4) is 16.9 Å². The predicted molar refractivity (Wildman–Crippen MR) is 105 cm³/mol. The Hall–Kier alpha value is -3.01. The van der Waals surface area contributed by atoms with Gasteiger partial charge in [0, 0.05) is 23.7 Å². The van der Waals surface area contributed by atoms with E-state index in [-0.39, 0.29) is 11.9 Å². The number of nitrogens with one attached hydrogen (secondary N) is 2. The molecule has 0 fully saturated rings. The number of allylic oxidation sites excluding steroid dienone is 2. The second kappa shape index (κ2) is 5.26. The summed E-state index contributed by atoms with van der Waals surface area (Å²) in [5.74, 6) is 1.25. The third-order valence-corrected chi connectivity index (χ3v) is 6.41. The van der Waals surface area contributed by atoms with E-state index in [1.807, 2.05) is 6.07 Å². The minimum absolute atomic E-state index is 0.0616. The van der Waals surface area contributed by atoms with E-state index in [1.165, 1.54) is 33.5 Å². The second-order valence-corrected chi connectivity index (χ2v) is 7.67. The molecule has 0 spiro atoms. The molecule has 0 aromatic heterocycles. The fourth-order valence-corrected chi connectivity index (χ4v) is 5.24. The SMILES string of the molecule is COc1ccc2c(c1)CCc1c3c(c4c(c1-2)C(=O)NC4)C1C=CC=CC1N3. The normalized spacial score (nSPS) is 22.9. The van der Waals surface area contributed by atoms with E-state index in [0.29, 0.717) is 12.5 Å². The Morgan fingerprint density at radius 2 is 1.96 bits per heavy atom. The van der Waals surface area contributed by atoms with E-state index in [1.54, 1.807) is 7.11 Å². The fraction of sp³-hybridized carbons (Fsp3) is 0.261. The summed E-state index contributed by atoms with van der Waals surface area (Å²) in [5, 5.41) is 6.84. The Morgan fingerprint density at radius 1 is 1.07 bits per heavy atom. The van der Waals surface area contributed by atoms with Gasteiger partial charge >= 0.3 is 0 Å². The van der Waals surface area contributed by atoms with E-state index in [4.69, 9.17) is 4.74 Å². The topological polar surface area (TPSA) is 50.4 Å². The van der Waals surface area contributed by atoms with Crippen molar-refractivity contribution < 1.29 is 9.53 Å². The van der Waals surface area contributed by atoms with Crippen molar-refractivity contribution in [1.82, 2.24) is 5.32 Å². The van der Waals surface area contributed by atoms with Gasteiger partial charge in [0.15, 0.2) is 0 Å². The van der Waals surface area contributed by atoms with Crippen LogP contribution in [-0.4, -0.2) is 19.1 Å². The number of benzene rings is 2. The first-order valence-corrected chi connectivity index (χ1v) is 9.55. The molecule has 4 aliphatic rings. The van der Waals surface area contributed by atoms with Crippen molar-refractivity contribution >= 4 is 11.6 Å². The lowest BCUT2D eigenvalue weighted by atomic mass is 9.77. The number of hydrogen-bond donors (Lipinski definition) is 2. The van der Waals surface area contributed by atoms with Crippen LogP contribution in [0.15, 0.2) is 42.5 Å². The van der Waals surface area contributed by atoms with Gasteiger partial charge in [-0.05, 0) is 52.8 Å². The van der Waals surface area contributed by atoms with Crippen molar-refractivity contribution in [2.24, 2.45) is 0 Å². The predicted octanol–water partition coefficient (Wildman–Crippen LogP) is 3.71. The molecular formula is C23H20N2O2. The number of hydrogen-bond acceptors (Lipinski definition) is 3. The van der Waals surface area contributed by atoms with E-state index in [0.717, 1.165) is 29.7 Å². The van der Waals surface area contributed by atoms with Gasteiger partial charge in [0.25, 0.3) is 5.91 Å². The van der Waals surface area contributed by atoms with Gasteiger partial charge in [-0.25, -0.2) is 0 Å². The van der Waals surface area contributed by atoms with Crippen LogP contribution in [0, 0.1) is 0 Å². The van der Waals surface area contributed by atoms with Crippen LogP contribution in [0.25, 0.3) is 11.1 Å². The number of carbonyl (C=O) groups excluding carboxylic acids is 1. The number of anilines is 1. The van der Waals surface area contributed by atoms with Crippen LogP contribution in [0.2, 0.25) is 0 Å². The first-order chi connectivity index (χ1) is 13.3. The number of rotatable bonds is 1. The maximum atomic E-state index is 12.8. The van der Waals surface area contributed by atoms with Gasteiger partial charge in [0.2, 0.25) is 0 Å². The Morgan fingerprint density at radius 3 is 2.85 bits per heavy atom. The summed E-state index contributed by atoms with van der Waals surface area (Å²) in [6, 6.07) is 6.52. The van der Waals surface area contributed by atoms with Crippen molar-refractivity contribution in [1.29, 1.82) is 0 Å². The number of ether oxygens (including phenoxy) is 1. The highest BCUT2D eigenvalue weighted by Crippen LogP contribution is 2.51. The van der Waals surface area contributed by atoms with Gasteiger partial charge < -0.3 is 15.4 Å². The largest absolute Gasteiger partial charge is 0.497 e. The molecule has 0 saturated carbocycles. The van der Waals surface area contributed by atoms with Crippen LogP contribution in [0.1, 0.15) is 38.5 Å². The molecule has 2 aliphatic carbocycles. The molecule has 0 saturated heterocycles. The van der Waals surface area contributed by atoms with Gasteiger partial charge in [0.1, 0.15) is 5.75 Å². The molecule has 2 unspecified atom stereocenters. The van der Waals surface area contributed by atoms with Crippen LogP contribution >= 0.6 is 0 Å². The van der Waals surface area contributed by atoms with Crippen LogP contribution in [0.5, 0.6) is 5.75 Å². The molecule has 6 rings (SSSR count). The molecule has 0 radical (unpaired) electrons. The Kier molecular flexibility index (Phi) is 2.94. The zero-order chi connectivity index (χ0) is 18.1. The molecule has 134 valence electrons. The first kappa shape index (κ1) is 15.1. The Balaban J connectivity index is 1.66. The van der Waals surface area contributed by atoms with Gasteiger partial charge in [-0.15, -0.1) is 0 Å². The Labute approximate surface area is 157 Å². The summed E-state index contributed by atoms with van der Waals surface area (Å²) in [6.07, 6.45) is 10.6. The van der Waals surface area contributed by atoms with Gasteiger partial charge in [-0.2, -0.15) is 0 Å². The number of fused-ring (bicyclic) bond motifs is 10. The van der Waals surface area contributed by atoms with Crippen molar-refractivity contribution in [3.63, 3.8) is 0 Å². The first-order valence-electron chi connectivity index (χ1n) is 9.55. The second-order valence-electron chi connectivity index (χ2n) is 7.67. The lowest BCUT2D eigenvalue weighted by Gasteiger charge is -2.26. The number of amides is 1. The molecule has 2 N–H and O–H groups in total. The summed E-state index contributed by atoms with van der Waals surface area (Å²) in [7, 11) is 1.70. The minimum atomic E-state index is 0.0616. The maximum Gasteiger partial charge on any atom is 0.252 e. The summed E-state index contributed by atoms with van der Waals surface area (Å²) >= 11 is 0. The summed E-state index contributed by atoms with van der Waals surface area (Å²) in [5.41, 5.74) is 9.52. The van der Waals surface area contributed by atoms with E-state index < -0.39 is 0 Å². The number of carbonyl (C=O) groups is 1. The smallest absolute Gasteiger partial charge is 0.252 e. The monoisotopic (exact) mass is 356 g/mol. The summed E-state index contributed by atoms with van der Waals surface area (Å²) in [4.78, 5) is 12.8. The highest BCUT2D eigenvalue weighted by atomic mass is 16.5. The standard InChI is InChI=1S/C23H20N2O2/c1-27-13-7-9-14-12(10-13)6-8-16-19(14)21-17(11-24-23(21)26)20-15-4-2-3-5-18(15)25-22(16)20/h2-5,7,9-10,15,18,25H,6,8,11H2,1H3,(H,24,26). The highest BCUT2D eigenvalue weighted by Gasteiger charge is 2.41. The molecule has 2 aliphatic heterocycles. The third-order valence-electron chi connectivity index (χ3n) is 6.41. The summed E-state index contributed by atoms with van der Waals surface area (Å²) in [6.45, 7) is 0.623. The molecular weight excluding hydrogens is 336 g/mol. The molecule has 4 heteroatoms. The van der Waals surface area contributed by atoms with Crippen LogP contribution < -0.4 is 15.4 Å². The quantitative estimate of drug-likeness (QED) is 0.819. The molecule has 0 bridgehead atoms.